The van der Waals surface area contributed by atoms with Crippen LogP contribution in [0, 0.1) is 0 Å². The summed E-state index contributed by atoms with van der Waals surface area (Å²) in [5.74, 6) is 0.813. The number of nitrogens with zero attached hydrogens (tertiary/aromatic N) is 1. The molecule has 0 fully saturated rings. The fraction of sp³-hybridized carbons (Fsp3) is 0.333. The first-order chi connectivity index (χ1) is 12.5. The van der Waals surface area contributed by atoms with E-state index in [2.05, 4.69) is 18.2 Å². The molecule has 0 saturated carbocycles. The first-order valence-electron chi connectivity index (χ1n) is 8.68. The molecule has 0 aromatic heterocycles. The van der Waals surface area contributed by atoms with Crippen LogP contribution in [0.4, 0.5) is 13.2 Å². The molecule has 2 aromatic rings. The number of ether oxygens (including phenoxy) is 1. The van der Waals surface area contributed by atoms with Crippen molar-refractivity contribution in [1.82, 2.24) is 4.90 Å². The highest BCUT2D eigenvalue weighted by Crippen LogP contribution is 2.31. The van der Waals surface area contributed by atoms with Crippen molar-refractivity contribution in [2.24, 2.45) is 0 Å². The van der Waals surface area contributed by atoms with E-state index in [0.717, 1.165) is 28.9 Å². The normalized spacial score (nSPS) is 15.6. The molecule has 0 N–H and O–H groups in total. The Hall–Kier alpha value is -2.27. The van der Waals surface area contributed by atoms with Gasteiger partial charge in [0.2, 0.25) is 0 Å². The van der Waals surface area contributed by atoms with Crippen LogP contribution in [0.15, 0.2) is 60.2 Å². The van der Waals surface area contributed by atoms with Gasteiger partial charge < -0.3 is 4.74 Å². The van der Waals surface area contributed by atoms with Gasteiger partial charge in [-0.25, -0.2) is 0 Å². The minimum atomic E-state index is -4.20. The lowest BCUT2D eigenvalue weighted by molar-refractivity contribution is -0.0959. The molecule has 0 aliphatic carbocycles. The van der Waals surface area contributed by atoms with Crippen LogP contribution in [0.1, 0.15) is 12.0 Å². The molecule has 0 radical (unpaired) electrons. The summed E-state index contributed by atoms with van der Waals surface area (Å²) in [6.45, 7) is 1.48. The molecule has 2 nitrogen and oxygen atoms in total. The molecule has 0 bridgehead atoms. The highest BCUT2D eigenvalue weighted by molar-refractivity contribution is 5.65. The molecule has 0 amide bonds. The molecule has 0 saturated heterocycles. The molecule has 26 heavy (non-hydrogen) atoms. The summed E-state index contributed by atoms with van der Waals surface area (Å²) in [5.41, 5.74) is 2.91. The molecule has 1 aliphatic heterocycles. The third-order valence-corrected chi connectivity index (χ3v) is 4.74. The van der Waals surface area contributed by atoms with E-state index in [0.29, 0.717) is 19.6 Å². The van der Waals surface area contributed by atoms with Crippen molar-refractivity contribution in [3.8, 4) is 16.9 Å². The second-order valence-corrected chi connectivity index (χ2v) is 6.42. The summed E-state index contributed by atoms with van der Waals surface area (Å²) in [6, 6.07) is 16.2. The number of benzene rings is 2. The SMILES string of the molecule is COc1ccc(-c2ccccc2)cc1CCN1CC=C(C(F)(F)F)CC1. The first-order valence-corrected chi connectivity index (χ1v) is 8.68. The second-order valence-electron chi connectivity index (χ2n) is 6.42. The fourth-order valence-electron chi connectivity index (χ4n) is 3.23. The highest BCUT2D eigenvalue weighted by atomic mass is 19.4. The number of alkyl halides is 3. The van der Waals surface area contributed by atoms with Crippen molar-refractivity contribution in [3.63, 3.8) is 0 Å². The van der Waals surface area contributed by atoms with E-state index in [4.69, 9.17) is 4.74 Å². The van der Waals surface area contributed by atoms with Crippen LogP contribution in [0.2, 0.25) is 0 Å². The van der Waals surface area contributed by atoms with Crippen LogP contribution in [0.25, 0.3) is 11.1 Å². The molecule has 138 valence electrons. The summed E-state index contributed by atoms with van der Waals surface area (Å²) in [7, 11) is 1.64. The van der Waals surface area contributed by atoms with Gasteiger partial charge in [-0.3, -0.25) is 4.90 Å². The smallest absolute Gasteiger partial charge is 0.412 e. The minimum absolute atomic E-state index is 0.0602. The second kappa shape index (κ2) is 7.96. The maximum Gasteiger partial charge on any atom is 0.412 e. The van der Waals surface area contributed by atoms with E-state index < -0.39 is 11.7 Å². The van der Waals surface area contributed by atoms with Gasteiger partial charge in [0, 0.05) is 25.2 Å². The molecule has 3 rings (SSSR count). The van der Waals surface area contributed by atoms with Crippen LogP contribution >= 0.6 is 0 Å². The third-order valence-electron chi connectivity index (χ3n) is 4.74. The van der Waals surface area contributed by atoms with Crippen molar-refractivity contribution in [2.75, 3.05) is 26.7 Å². The van der Waals surface area contributed by atoms with Crippen LogP contribution in [0.5, 0.6) is 5.75 Å². The summed E-state index contributed by atoms with van der Waals surface area (Å²) < 4.78 is 43.6. The molecule has 1 heterocycles. The number of rotatable bonds is 5. The zero-order chi connectivity index (χ0) is 18.6. The van der Waals surface area contributed by atoms with E-state index in [1.165, 1.54) is 6.08 Å². The first kappa shape index (κ1) is 18.5. The quantitative estimate of drug-likeness (QED) is 0.687. The van der Waals surface area contributed by atoms with Gasteiger partial charge in [0.1, 0.15) is 5.75 Å². The molecule has 1 aliphatic rings. The molecule has 5 heteroatoms. The predicted molar refractivity (Wildman–Crippen MR) is 97.3 cm³/mol. The van der Waals surface area contributed by atoms with Crippen LogP contribution in [-0.4, -0.2) is 37.8 Å². The largest absolute Gasteiger partial charge is 0.496 e. The zero-order valence-corrected chi connectivity index (χ0v) is 14.7. The van der Waals surface area contributed by atoms with E-state index in [-0.39, 0.29) is 6.42 Å². The highest BCUT2D eigenvalue weighted by Gasteiger charge is 2.34. The molecule has 0 spiro atoms. The standard InChI is InChI=1S/C21H22F3NO/c1-26-20-8-7-17(16-5-3-2-4-6-16)15-18(20)9-12-25-13-10-19(11-14-25)21(22,23)24/h2-8,10,15H,9,11-14H2,1H3. The van der Waals surface area contributed by atoms with Crippen LogP contribution in [0.3, 0.4) is 0 Å². The Morgan fingerprint density at radius 1 is 1.04 bits per heavy atom. The van der Waals surface area contributed by atoms with Crippen molar-refractivity contribution in [2.45, 2.75) is 19.0 Å². The van der Waals surface area contributed by atoms with E-state index in [1.807, 2.05) is 35.2 Å². The minimum Gasteiger partial charge on any atom is -0.496 e. The lowest BCUT2D eigenvalue weighted by Crippen LogP contribution is -2.33. The monoisotopic (exact) mass is 361 g/mol. The predicted octanol–water partition coefficient (Wildman–Crippen LogP) is 5.10. The van der Waals surface area contributed by atoms with Crippen molar-refractivity contribution >= 4 is 0 Å². The number of methoxy groups -OCH3 is 1. The Balaban J connectivity index is 1.69. The van der Waals surface area contributed by atoms with Crippen molar-refractivity contribution in [1.29, 1.82) is 0 Å². The maximum absolute atomic E-state index is 12.7. The Morgan fingerprint density at radius 3 is 2.42 bits per heavy atom. The Bertz CT molecular complexity index is 769. The number of hydrogen-bond acceptors (Lipinski definition) is 2. The average molecular weight is 361 g/mol. The maximum atomic E-state index is 12.7. The number of halogens is 3. The van der Waals surface area contributed by atoms with E-state index in [9.17, 15) is 13.2 Å². The van der Waals surface area contributed by atoms with Crippen molar-refractivity contribution < 1.29 is 17.9 Å². The van der Waals surface area contributed by atoms with Gasteiger partial charge in [0.15, 0.2) is 0 Å². The summed E-state index contributed by atoms with van der Waals surface area (Å²) >= 11 is 0. The summed E-state index contributed by atoms with van der Waals surface area (Å²) in [6.07, 6.45) is -2.09. The van der Waals surface area contributed by atoms with Gasteiger partial charge in [-0.05, 0) is 41.7 Å². The summed E-state index contributed by atoms with van der Waals surface area (Å²) in [5, 5.41) is 0. The van der Waals surface area contributed by atoms with Gasteiger partial charge in [0.05, 0.1) is 7.11 Å². The van der Waals surface area contributed by atoms with Gasteiger partial charge >= 0.3 is 6.18 Å². The topological polar surface area (TPSA) is 12.5 Å². The van der Waals surface area contributed by atoms with Gasteiger partial charge in [-0.2, -0.15) is 13.2 Å². The number of hydrogen-bond donors (Lipinski definition) is 0. The fourth-order valence-corrected chi connectivity index (χ4v) is 3.23. The molecule has 2 aromatic carbocycles. The van der Waals surface area contributed by atoms with Gasteiger partial charge in [0.25, 0.3) is 0 Å². The summed E-state index contributed by atoms with van der Waals surface area (Å²) in [4.78, 5) is 2.05. The van der Waals surface area contributed by atoms with Crippen LogP contribution < -0.4 is 4.74 Å². The molecule has 0 unspecified atom stereocenters. The Kier molecular flexibility index (Phi) is 5.67. The average Bonchev–Trinajstić information content (AvgIpc) is 2.66. The Morgan fingerprint density at radius 2 is 1.81 bits per heavy atom. The lowest BCUT2D eigenvalue weighted by Gasteiger charge is -2.27. The van der Waals surface area contributed by atoms with Gasteiger partial charge in [-0.15, -0.1) is 0 Å². The zero-order valence-electron chi connectivity index (χ0n) is 14.7. The third kappa shape index (κ3) is 4.47. The van der Waals surface area contributed by atoms with E-state index >= 15 is 0 Å². The van der Waals surface area contributed by atoms with E-state index in [1.54, 1.807) is 7.11 Å². The molecule has 0 atom stereocenters. The Labute approximate surface area is 151 Å². The molecular formula is C21H22F3NO. The van der Waals surface area contributed by atoms with Crippen LogP contribution in [-0.2, 0) is 6.42 Å². The molecular weight excluding hydrogens is 339 g/mol. The lowest BCUT2D eigenvalue weighted by atomic mass is 10.0. The van der Waals surface area contributed by atoms with Crippen molar-refractivity contribution in [3.05, 3.63) is 65.7 Å². The van der Waals surface area contributed by atoms with Gasteiger partial charge in [-0.1, -0.05) is 42.5 Å².